The van der Waals surface area contributed by atoms with E-state index in [4.69, 9.17) is 9.84 Å². The first-order valence-electron chi connectivity index (χ1n) is 11.2. The summed E-state index contributed by atoms with van der Waals surface area (Å²) in [6, 6.07) is 12.5. The highest BCUT2D eigenvalue weighted by Gasteiger charge is 2.41. The number of alkyl halides is 3. The Morgan fingerprint density at radius 1 is 0.971 bits per heavy atom. The lowest BCUT2D eigenvalue weighted by Crippen LogP contribution is -2.51. The Morgan fingerprint density at radius 2 is 1.51 bits per heavy atom. The Morgan fingerprint density at radius 3 is 2.03 bits per heavy atom. The van der Waals surface area contributed by atoms with Crippen molar-refractivity contribution in [1.82, 2.24) is 10.6 Å². The van der Waals surface area contributed by atoms with Crippen molar-refractivity contribution in [2.24, 2.45) is 5.92 Å². The lowest BCUT2D eigenvalue weighted by Gasteiger charge is -2.26. The molecule has 0 heterocycles. The van der Waals surface area contributed by atoms with Gasteiger partial charge in [0.2, 0.25) is 5.91 Å². The second-order valence-corrected chi connectivity index (χ2v) is 8.58. The molecule has 7 nitrogen and oxygen atoms in total. The number of carboxylic acid groups (broad SMARTS) is 1. The maximum absolute atomic E-state index is 13.2. The summed E-state index contributed by atoms with van der Waals surface area (Å²) >= 11 is 0. The fourth-order valence-electron chi connectivity index (χ4n) is 4.07. The van der Waals surface area contributed by atoms with Gasteiger partial charge in [-0.15, -0.1) is 0 Å². The van der Waals surface area contributed by atoms with Gasteiger partial charge in [0, 0.05) is 18.4 Å². The van der Waals surface area contributed by atoms with Crippen LogP contribution in [-0.4, -0.2) is 47.9 Å². The molecule has 3 rings (SSSR count). The van der Waals surface area contributed by atoms with Crippen molar-refractivity contribution >= 4 is 18.0 Å². The number of rotatable bonds is 9. The van der Waals surface area contributed by atoms with Crippen LogP contribution in [0.15, 0.2) is 48.5 Å². The summed E-state index contributed by atoms with van der Waals surface area (Å²) in [6.45, 7) is 2.90. The van der Waals surface area contributed by atoms with Gasteiger partial charge in [0.15, 0.2) is 0 Å². The molecule has 0 aromatic heterocycles. The number of hydrogen-bond acceptors (Lipinski definition) is 4. The molecule has 0 aliphatic heterocycles. The van der Waals surface area contributed by atoms with Gasteiger partial charge in [0.1, 0.15) is 12.6 Å². The highest BCUT2D eigenvalue weighted by molar-refractivity contribution is 5.81. The van der Waals surface area contributed by atoms with E-state index in [1.807, 2.05) is 53.8 Å². The Bertz CT molecular complexity index is 1040. The van der Waals surface area contributed by atoms with Crippen LogP contribution in [0.5, 0.6) is 0 Å². The largest absolute Gasteiger partial charge is 0.481 e. The summed E-state index contributed by atoms with van der Waals surface area (Å²) in [4.78, 5) is 35.4. The number of alkyl carbamates (subject to hydrolysis) is 1. The maximum atomic E-state index is 13.2. The van der Waals surface area contributed by atoms with E-state index in [0.29, 0.717) is 0 Å². The summed E-state index contributed by atoms with van der Waals surface area (Å²) in [6.07, 6.45) is -7.12. The smallest absolute Gasteiger partial charge is 0.408 e. The van der Waals surface area contributed by atoms with Crippen molar-refractivity contribution in [1.29, 1.82) is 0 Å². The van der Waals surface area contributed by atoms with Gasteiger partial charge in [-0.3, -0.25) is 9.59 Å². The lowest BCUT2D eigenvalue weighted by molar-refractivity contribution is -0.165. The summed E-state index contributed by atoms with van der Waals surface area (Å²) in [5.74, 6) is -3.54. The van der Waals surface area contributed by atoms with Crippen molar-refractivity contribution in [3.05, 3.63) is 59.7 Å². The number of benzene rings is 2. The molecule has 188 valence electrons. The van der Waals surface area contributed by atoms with Crippen LogP contribution in [0, 0.1) is 5.92 Å². The zero-order valence-corrected chi connectivity index (χ0v) is 19.3. The zero-order chi connectivity index (χ0) is 25.8. The average molecular weight is 492 g/mol. The molecule has 1 aliphatic carbocycles. The molecule has 10 heteroatoms. The highest BCUT2D eigenvalue weighted by atomic mass is 19.4. The Hall–Kier alpha value is -3.56. The van der Waals surface area contributed by atoms with Crippen molar-refractivity contribution in [2.75, 3.05) is 6.61 Å². The number of carboxylic acids is 1. The predicted molar refractivity (Wildman–Crippen MR) is 122 cm³/mol. The second-order valence-electron chi connectivity index (χ2n) is 8.58. The molecule has 0 fully saturated rings. The molecule has 35 heavy (non-hydrogen) atoms. The first-order valence-corrected chi connectivity index (χ1v) is 11.2. The minimum atomic E-state index is -4.80. The van der Waals surface area contributed by atoms with Gasteiger partial charge < -0.3 is 20.5 Å². The minimum absolute atomic E-state index is 0.0541. The first kappa shape index (κ1) is 26.1. The molecular formula is C25H27F3N2O5. The normalized spacial score (nSPS) is 15.3. The third-order valence-corrected chi connectivity index (χ3v) is 6.21. The number of amides is 2. The quantitative estimate of drug-likeness (QED) is 0.479. The maximum Gasteiger partial charge on any atom is 0.408 e. The zero-order valence-electron chi connectivity index (χ0n) is 19.3. The van der Waals surface area contributed by atoms with Crippen molar-refractivity contribution in [3.63, 3.8) is 0 Å². The third-order valence-electron chi connectivity index (χ3n) is 6.21. The molecule has 2 aromatic carbocycles. The molecule has 0 saturated carbocycles. The average Bonchev–Trinajstić information content (AvgIpc) is 3.12. The van der Waals surface area contributed by atoms with E-state index >= 15 is 0 Å². The van der Waals surface area contributed by atoms with Crippen LogP contribution in [0.2, 0.25) is 0 Å². The van der Waals surface area contributed by atoms with Gasteiger partial charge in [0.05, 0.1) is 5.92 Å². The van der Waals surface area contributed by atoms with Crippen LogP contribution < -0.4 is 10.6 Å². The molecular weight excluding hydrogens is 465 g/mol. The van der Waals surface area contributed by atoms with Crippen molar-refractivity contribution < 1.29 is 37.4 Å². The predicted octanol–water partition coefficient (Wildman–Crippen LogP) is 4.46. The van der Waals surface area contributed by atoms with E-state index in [0.717, 1.165) is 22.3 Å². The lowest BCUT2D eigenvalue weighted by atomic mass is 9.98. The van der Waals surface area contributed by atoms with Crippen LogP contribution in [0.4, 0.5) is 18.0 Å². The van der Waals surface area contributed by atoms with Gasteiger partial charge in [-0.05, 0) is 35.6 Å². The number of fused-ring (bicyclic) bond motifs is 3. The number of hydrogen-bond donors (Lipinski definition) is 3. The SMILES string of the molecule is CC(NC(=O)OCC1c2ccccc2-c2ccccc21)C(C)C(=O)N[C@@H](CCC(=O)O)C(F)(F)F. The summed E-state index contributed by atoms with van der Waals surface area (Å²) in [5.41, 5.74) is 4.19. The topological polar surface area (TPSA) is 105 Å². The standard InChI is InChI=1S/C25H27F3N2O5/c1-14(23(33)30-21(25(26,27)28)11-12-22(31)32)15(2)29-24(34)35-13-20-18-9-5-3-7-16(18)17-8-4-6-10-19(17)20/h3-10,14-15,20-21H,11-13H2,1-2H3,(H,29,34)(H,30,33)(H,31,32)/t14?,15?,21-/m0/s1. The molecule has 0 saturated heterocycles. The second kappa shape index (κ2) is 10.8. The monoisotopic (exact) mass is 492 g/mol. The molecule has 3 N–H and O–H groups in total. The van der Waals surface area contributed by atoms with Crippen molar-refractivity contribution in [3.8, 4) is 11.1 Å². The Labute approximate surface area is 200 Å². The van der Waals surface area contributed by atoms with E-state index in [1.165, 1.54) is 13.8 Å². The number of halogens is 3. The summed E-state index contributed by atoms with van der Waals surface area (Å²) in [5, 5.41) is 13.0. The highest BCUT2D eigenvalue weighted by Crippen LogP contribution is 2.44. The molecule has 0 radical (unpaired) electrons. The van der Waals surface area contributed by atoms with E-state index in [9.17, 15) is 27.6 Å². The van der Waals surface area contributed by atoms with Crippen LogP contribution in [-0.2, 0) is 14.3 Å². The van der Waals surface area contributed by atoms with Gasteiger partial charge in [0.25, 0.3) is 0 Å². The Kier molecular flexibility index (Phi) is 8.03. The van der Waals surface area contributed by atoms with Crippen molar-refractivity contribution in [2.45, 2.75) is 50.9 Å². The van der Waals surface area contributed by atoms with Gasteiger partial charge in [-0.25, -0.2) is 4.79 Å². The fraction of sp³-hybridized carbons (Fsp3) is 0.400. The first-order chi connectivity index (χ1) is 16.5. The van der Waals surface area contributed by atoms with Crippen LogP contribution in [0.25, 0.3) is 11.1 Å². The molecule has 0 spiro atoms. The molecule has 1 aliphatic rings. The molecule has 2 unspecified atom stereocenters. The number of carbonyl (C=O) groups is 3. The van der Waals surface area contributed by atoms with Crippen LogP contribution in [0.1, 0.15) is 43.7 Å². The summed E-state index contributed by atoms with van der Waals surface area (Å²) < 4.78 is 44.9. The number of aliphatic carboxylic acids is 1. The van der Waals surface area contributed by atoms with E-state index in [-0.39, 0.29) is 12.5 Å². The van der Waals surface area contributed by atoms with Gasteiger partial charge in [-0.2, -0.15) is 13.2 Å². The van der Waals surface area contributed by atoms with E-state index < -0.39 is 55.0 Å². The number of ether oxygens (including phenoxy) is 1. The summed E-state index contributed by atoms with van der Waals surface area (Å²) in [7, 11) is 0. The molecule has 3 atom stereocenters. The van der Waals surface area contributed by atoms with E-state index in [1.54, 1.807) is 0 Å². The molecule has 2 aromatic rings. The van der Waals surface area contributed by atoms with Gasteiger partial charge in [-0.1, -0.05) is 55.5 Å². The Balaban J connectivity index is 1.56. The third kappa shape index (κ3) is 6.32. The number of carbonyl (C=O) groups excluding carboxylic acids is 2. The minimum Gasteiger partial charge on any atom is -0.481 e. The molecule has 0 bridgehead atoms. The van der Waals surface area contributed by atoms with Gasteiger partial charge >= 0.3 is 18.2 Å². The molecule has 2 amide bonds. The van der Waals surface area contributed by atoms with Crippen LogP contribution in [0.3, 0.4) is 0 Å². The number of nitrogens with one attached hydrogen (secondary N) is 2. The fourth-order valence-corrected chi connectivity index (χ4v) is 4.07. The van der Waals surface area contributed by atoms with E-state index in [2.05, 4.69) is 5.32 Å². The van der Waals surface area contributed by atoms with Crippen LogP contribution >= 0.6 is 0 Å².